The number of hydrogen-bond donors (Lipinski definition) is 1. The fraction of sp³-hybridized carbons (Fsp3) is 0.625. The lowest BCUT2D eigenvalue weighted by Gasteiger charge is -2.42. The minimum Gasteiger partial charge on any atom is -0.395 e. The highest BCUT2D eigenvalue weighted by molar-refractivity contribution is 5.37. The van der Waals surface area contributed by atoms with Crippen LogP contribution in [0.25, 0.3) is 0 Å². The standard InChI is InChI=1S/C16H24O/c1-3-7-13(2)16(12-17)11-6-9-14-8-4-5-10-15(14)16/h4-5,8,10,13,17H,3,6-7,9,11-12H2,1-2H3. The van der Waals surface area contributed by atoms with Crippen LogP contribution in [0.4, 0.5) is 0 Å². The Balaban J connectivity index is 2.41. The van der Waals surface area contributed by atoms with Gasteiger partial charge in [-0.15, -0.1) is 0 Å². The maximum Gasteiger partial charge on any atom is 0.0530 e. The topological polar surface area (TPSA) is 20.2 Å². The zero-order chi connectivity index (χ0) is 12.3. The number of hydrogen-bond acceptors (Lipinski definition) is 1. The number of aliphatic hydroxyl groups is 1. The maximum atomic E-state index is 9.99. The van der Waals surface area contributed by atoms with E-state index in [4.69, 9.17) is 0 Å². The summed E-state index contributed by atoms with van der Waals surface area (Å²) < 4.78 is 0. The van der Waals surface area contributed by atoms with E-state index in [0.29, 0.717) is 12.5 Å². The van der Waals surface area contributed by atoms with E-state index in [1.54, 1.807) is 0 Å². The molecular weight excluding hydrogens is 208 g/mol. The molecule has 0 bridgehead atoms. The third-order valence-electron chi connectivity index (χ3n) is 4.57. The number of aryl methyl sites for hydroxylation is 1. The van der Waals surface area contributed by atoms with E-state index in [0.717, 1.165) is 6.42 Å². The largest absolute Gasteiger partial charge is 0.395 e. The summed E-state index contributed by atoms with van der Waals surface area (Å²) in [5.41, 5.74) is 2.88. The second kappa shape index (κ2) is 5.22. The highest BCUT2D eigenvalue weighted by Crippen LogP contribution is 2.44. The number of rotatable bonds is 4. The second-order valence-electron chi connectivity index (χ2n) is 5.51. The fourth-order valence-electron chi connectivity index (χ4n) is 3.49. The van der Waals surface area contributed by atoms with E-state index in [1.165, 1.54) is 36.8 Å². The van der Waals surface area contributed by atoms with Crippen molar-refractivity contribution in [3.8, 4) is 0 Å². The molecule has 2 atom stereocenters. The van der Waals surface area contributed by atoms with Gasteiger partial charge in [0.05, 0.1) is 6.61 Å². The van der Waals surface area contributed by atoms with E-state index >= 15 is 0 Å². The lowest BCUT2D eigenvalue weighted by atomic mass is 9.63. The molecule has 0 aromatic heterocycles. The SMILES string of the molecule is CCCC(C)C1(CO)CCCc2ccccc21. The zero-order valence-corrected chi connectivity index (χ0v) is 11.1. The van der Waals surface area contributed by atoms with Crippen LogP contribution in [-0.2, 0) is 11.8 Å². The van der Waals surface area contributed by atoms with Crippen LogP contribution in [0.15, 0.2) is 24.3 Å². The van der Waals surface area contributed by atoms with Gasteiger partial charge in [-0.3, -0.25) is 0 Å². The molecule has 94 valence electrons. The van der Waals surface area contributed by atoms with Crippen molar-refractivity contribution in [2.75, 3.05) is 6.61 Å². The molecule has 0 radical (unpaired) electrons. The van der Waals surface area contributed by atoms with E-state index < -0.39 is 0 Å². The molecular formula is C16H24O. The molecule has 0 spiro atoms. The van der Waals surface area contributed by atoms with Gasteiger partial charge in [0.1, 0.15) is 0 Å². The van der Waals surface area contributed by atoms with Gasteiger partial charge in [0, 0.05) is 5.41 Å². The molecule has 1 aromatic carbocycles. The Labute approximate surface area is 105 Å². The van der Waals surface area contributed by atoms with Gasteiger partial charge in [-0.05, 0) is 36.3 Å². The molecule has 0 amide bonds. The van der Waals surface area contributed by atoms with Crippen LogP contribution in [0.1, 0.15) is 50.7 Å². The second-order valence-corrected chi connectivity index (χ2v) is 5.51. The molecule has 0 aliphatic heterocycles. The first-order valence-corrected chi connectivity index (χ1v) is 6.94. The van der Waals surface area contributed by atoms with Crippen LogP contribution in [-0.4, -0.2) is 11.7 Å². The molecule has 2 rings (SSSR count). The van der Waals surface area contributed by atoms with Crippen LogP contribution in [0.5, 0.6) is 0 Å². The molecule has 1 N–H and O–H groups in total. The van der Waals surface area contributed by atoms with Crippen molar-refractivity contribution in [1.29, 1.82) is 0 Å². The first-order chi connectivity index (χ1) is 8.24. The molecule has 0 heterocycles. The maximum absolute atomic E-state index is 9.99. The minimum absolute atomic E-state index is 0.0187. The monoisotopic (exact) mass is 232 g/mol. The Morgan fingerprint density at radius 2 is 2.12 bits per heavy atom. The lowest BCUT2D eigenvalue weighted by molar-refractivity contribution is 0.118. The molecule has 1 aliphatic rings. The Bertz CT molecular complexity index is 372. The van der Waals surface area contributed by atoms with Crippen LogP contribution in [0, 0.1) is 5.92 Å². The summed E-state index contributed by atoms with van der Waals surface area (Å²) in [5.74, 6) is 0.568. The van der Waals surface area contributed by atoms with Gasteiger partial charge in [0.25, 0.3) is 0 Å². The summed E-state index contributed by atoms with van der Waals surface area (Å²) in [5, 5.41) is 9.99. The van der Waals surface area contributed by atoms with Gasteiger partial charge in [0.2, 0.25) is 0 Å². The third kappa shape index (κ3) is 2.13. The Morgan fingerprint density at radius 3 is 2.82 bits per heavy atom. The average Bonchev–Trinajstić information content (AvgIpc) is 2.38. The van der Waals surface area contributed by atoms with Crippen molar-refractivity contribution in [3.63, 3.8) is 0 Å². The summed E-state index contributed by atoms with van der Waals surface area (Å²) >= 11 is 0. The van der Waals surface area contributed by atoms with E-state index in [2.05, 4.69) is 38.1 Å². The van der Waals surface area contributed by atoms with Crippen molar-refractivity contribution in [1.82, 2.24) is 0 Å². The summed E-state index contributed by atoms with van der Waals surface area (Å²) in [6.45, 7) is 4.84. The van der Waals surface area contributed by atoms with Gasteiger partial charge >= 0.3 is 0 Å². The average molecular weight is 232 g/mol. The first-order valence-electron chi connectivity index (χ1n) is 6.94. The zero-order valence-electron chi connectivity index (χ0n) is 11.1. The highest BCUT2D eigenvalue weighted by atomic mass is 16.3. The normalized spacial score (nSPS) is 25.4. The lowest BCUT2D eigenvalue weighted by Crippen LogP contribution is -2.40. The predicted molar refractivity (Wildman–Crippen MR) is 72.2 cm³/mol. The van der Waals surface area contributed by atoms with E-state index in [-0.39, 0.29) is 5.41 Å². The highest BCUT2D eigenvalue weighted by Gasteiger charge is 2.39. The van der Waals surface area contributed by atoms with Crippen molar-refractivity contribution < 1.29 is 5.11 Å². The smallest absolute Gasteiger partial charge is 0.0530 e. The molecule has 0 saturated heterocycles. The molecule has 1 aromatic rings. The van der Waals surface area contributed by atoms with Gasteiger partial charge in [-0.2, -0.15) is 0 Å². The van der Waals surface area contributed by atoms with E-state index in [1.807, 2.05) is 0 Å². The molecule has 1 heteroatoms. The van der Waals surface area contributed by atoms with E-state index in [9.17, 15) is 5.11 Å². The van der Waals surface area contributed by atoms with Gasteiger partial charge in [-0.1, -0.05) is 51.0 Å². The van der Waals surface area contributed by atoms with Gasteiger partial charge < -0.3 is 5.11 Å². The number of benzene rings is 1. The van der Waals surface area contributed by atoms with Crippen LogP contribution < -0.4 is 0 Å². The predicted octanol–water partition coefficient (Wildman–Crippen LogP) is 3.69. The summed E-state index contributed by atoms with van der Waals surface area (Å²) in [6, 6.07) is 8.71. The Kier molecular flexibility index (Phi) is 3.88. The minimum atomic E-state index is 0.0187. The fourth-order valence-corrected chi connectivity index (χ4v) is 3.49. The quantitative estimate of drug-likeness (QED) is 0.839. The molecule has 1 aliphatic carbocycles. The van der Waals surface area contributed by atoms with Crippen LogP contribution >= 0.6 is 0 Å². The third-order valence-corrected chi connectivity index (χ3v) is 4.57. The van der Waals surface area contributed by atoms with Gasteiger partial charge in [-0.25, -0.2) is 0 Å². The first kappa shape index (κ1) is 12.6. The molecule has 0 fully saturated rings. The summed E-state index contributed by atoms with van der Waals surface area (Å²) in [7, 11) is 0. The summed E-state index contributed by atoms with van der Waals surface area (Å²) in [4.78, 5) is 0. The van der Waals surface area contributed by atoms with Crippen molar-refractivity contribution >= 4 is 0 Å². The molecule has 1 nitrogen and oxygen atoms in total. The van der Waals surface area contributed by atoms with Crippen molar-refractivity contribution in [2.45, 2.75) is 51.4 Å². The Hall–Kier alpha value is -0.820. The molecule has 17 heavy (non-hydrogen) atoms. The van der Waals surface area contributed by atoms with Crippen LogP contribution in [0.3, 0.4) is 0 Å². The number of fused-ring (bicyclic) bond motifs is 1. The van der Waals surface area contributed by atoms with Crippen molar-refractivity contribution in [2.24, 2.45) is 5.92 Å². The van der Waals surface area contributed by atoms with Crippen LogP contribution in [0.2, 0.25) is 0 Å². The number of aliphatic hydroxyl groups excluding tert-OH is 1. The van der Waals surface area contributed by atoms with Gasteiger partial charge in [0.15, 0.2) is 0 Å². The van der Waals surface area contributed by atoms with Crippen molar-refractivity contribution in [3.05, 3.63) is 35.4 Å². The Morgan fingerprint density at radius 1 is 1.35 bits per heavy atom. The summed E-state index contributed by atoms with van der Waals surface area (Å²) in [6.07, 6.45) is 5.93. The molecule has 2 unspecified atom stereocenters. The molecule has 0 saturated carbocycles.